The lowest BCUT2D eigenvalue weighted by molar-refractivity contribution is 0.174. The number of ether oxygens (including phenoxy) is 1. The topological polar surface area (TPSA) is 56.3 Å². The Hall–Kier alpha value is -2.18. The predicted octanol–water partition coefficient (Wildman–Crippen LogP) is 3.05. The van der Waals surface area contributed by atoms with E-state index in [1.807, 2.05) is 36.7 Å². The highest BCUT2D eigenvalue weighted by Crippen LogP contribution is 2.30. The van der Waals surface area contributed by atoms with Crippen molar-refractivity contribution in [3.63, 3.8) is 0 Å². The molecule has 132 valence electrons. The van der Waals surface area contributed by atoms with E-state index in [-0.39, 0.29) is 0 Å². The molecule has 25 heavy (non-hydrogen) atoms. The van der Waals surface area contributed by atoms with Crippen LogP contribution in [0.5, 0.6) is 0 Å². The maximum Gasteiger partial charge on any atom is 0.198 e. The summed E-state index contributed by atoms with van der Waals surface area (Å²) in [5.41, 5.74) is 1.85. The monoisotopic (exact) mass is 340 g/mol. The fourth-order valence-corrected chi connectivity index (χ4v) is 3.49. The summed E-state index contributed by atoms with van der Waals surface area (Å²) in [4.78, 5) is 11.6. The van der Waals surface area contributed by atoms with E-state index in [1.165, 1.54) is 0 Å². The van der Waals surface area contributed by atoms with Gasteiger partial charge in [-0.1, -0.05) is 12.1 Å². The summed E-state index contributed by atoms with van der Waals surface area (Å²) in [6.45, 7) is 4.53. The molecule has 0 amide bonds. The van der Waals surface area contributed by atoms with Gasteiger partial charge in [-0.05, 0) is 38.1 Å². The number of hydrogen-bond donors (Lipinski definition) is 0. The lowest BCUT2D eigenvalue weighted by atomic mass is 9.97. The van der Waals surface area contributed by atoms with Crippen molar-refractivity contribution in [2.24, 2.45) is 0 Å². The number of para-hydroxylation sites is 2. The van der Waals surface area contributed by atoms with E-state index in [1.54, 1.807) is 7.11 Å². The van der Waals surface area contributed by atoms with E-state index < -0.39 is 0 Å². The quantitative estimate of drug-likeness (QED) is 0.690. The number of likely N-dealkylation sites (tertiary alicyclic amines) is 1. The Kier molecular flexibility index (Phi) is 4.81. The van der Waals surface area contributed by atoms with Crippen LogP contribution in [0.1, 0.15) is 30.5 Å². The predicted molar refractivity (Wildman–Crippen MR) is 95.4 cm³/mol. The summed E-state index contributed by atoms with van der Waals surface area (Å²) in [7, 11) is 1.73. The summed E-state index contributed by atoms with van der Waals surface area (Å²) in [6.07, 6.45) is 6.05. The Balaban J connectivity index is 1.36. The molecule has 0 unspecified atom stereocenters. The van der Waals surface area contributed by atoms with Crippen molar-refractivity contribution in [3.05, 3.63) is 48.4 Å². The number of rotatable bonds is 6. The number of nitrogens with zero attached hydrogens (tertiary/aromatic N) is 4. The zero-order valence-corrected chi connectivity index (χ0v) is 14.6. The average molecular weight is 340 g/mol. The zero-order valence-electron chi connectivity index (χ0n) is 14.6. The lowest BCUT2D eigenvalue weighted by Crippen LogP contribution is -2.33. The number of piperidine rings is 1. The van der Waals surface area contributed by atoms with Crippen LogP contribution in [0.15, 0.2) is 41.1 Å². The second-order valence-corrected chi connectivity index (χ2v) is 6.60. The Bertz CT molecular complexity index is 785. The number of benzene rings is 1. The van der Waals surface area contributed by atoms with Crippen molar-refractivity contribution in [3.8, 4) is 0 Å². The number of aromatic nitrogens is 3. The van der Waals surface area contributed by atoms with E-state index in [0.29, 0.717) is 12.5 Å². The molecule has 1 aromatic carbocycles. The normalized spacial score (nSPS) is 16.7. The molecule has 3 aromatic rings. The number of methoxy groups -OCH3 is 1. The molecule has 0 N–H and O–H groups in total. The van der Waals surface area contributed by atoms with Gasteiger partial charge in [0.2, 0.25) is 0 Å². The van der Waals surface area contributed by atoms with Crippen LogP contribution in [0.2, 0.25) is 0 Å². The summed E-state index contributed by atoms with van der Waals surface area (Å²) >= 11 is 0. The van der Waals surface area contributed by atoms with Crippen molar-refractivity contribution in [1.82, 2.24) is 19.4 Å². The van der Waals surface area contributed by atoms with Gasteiger partial charge in [0.15, 0.2) is 11.5 Å². The van der Waals surface area contributed by atoms with Gasteiger partial charge < -0.3 is 13.7 Å². The first-order valence-corrected chi connectivity index (χ1v) is 8.90. The molecule has 1 saturated heterocycles. The molecule has 1 aliphatic rings. The number of imidazole rings is 1. The fraction of sp³-hybridized carbons (Fsp3) is 0.474. The van der Waals surface area contributed by atoms with Gasteiger partial charge in [-0.3, -0.25) is 4.90 Å². The van der Waals surface area contributed by atoms with E-state index in [4.69, 9.17) is 9.15 Å². The molecule has 4 rings (SSSR count). The molecular formula is C19H24N4O2. The molecular weight excluding hydrogens is 316 g/mol. The van der Waals surface area contributed by atoms with Crippen LogP contribution >= 0.6 is 0 Å². The van der Waals surface area contributed by atoms with Gasteiger partial charge in [0.25, 0.3) is 0 Å². The molecule has 0 spiro atoms. The smallest absolute Gasteiger partial charge is 0.198 e. The van der Waals surface area contributed by atoms with Crippen LogP contribution in [0, 0.1) is 0 Å². The van der Waals surface area contributed by atoms with Crippen molar-refractivity contribution in [2.45, 2.75) is 31.8 Å². The first kappa shape index (κ1) is 16.3. The first-order chi connectivity index (χ1) is 12.3. The van der Waals surface area contributed by atoms with E-state index in [9.17, 15) is 0 Å². The minimum absolute atomic E-state index is 0.414. The number of oxazole rings is 1. The average Bonchev–Trinajstić information content (AvgIpc) is 3.27. The Morgan fingerprint density at radius 2 is 2.08 bits per heavy atom. The highest BCUT2D eigenvalue weighted by atomic mass is 16.5. The largest absolute Gasteiger partial charge is 0.440 e. The molecule has 0 atom stereocenters. The molecule has 2 aromatic heterocycles. The summed E-state index contributed by atoms with van der Waals surface area (Å²) < 4.78 is 13.3. The van der Waals surface area contributed by atoms with Crippen molar-refractivity contribution < 1.29 is 9.15 Å². The highest BCUT2D eigenvalue weighted by molar-refractivity contribution is 5.72. The third-order valence-corrected chi connectivity index (χ3v) is 4.95. The molecule has 1 aliphatic heterocycles. The van der Waals surface area contributed by atoms with Crippen molar-refractivity contribution in [1.29, 1.82) is 0 Å². The minimum atomic E-state index is 0.414. The van der Waals surface area contributed by atoms with Gasteiger partial charge >= 0.3 is 0 Å². The molecule has 0 radical (unpaired) electrons. The van der Waals surface area contributed by atoms with Crippen LogP contribution in [-0.2, 0) is 17.8 Å². The van der Waals surface area contributed by atoms with Gasteiger partial charge in [0.1, 0.15) is 11.3 Å². The molecule has 3 heterocycles. The van der Waals surface area contributed by atoms with E-state index in [0.717, 1.165) is 61.8 Å². The van der Waals surface area contributed by atoms with Crippen LogP contribution in [0.4, 0.5) is 0 Å². The summed E-state index contributed by atoms with van der Waals surface area (Å²) in [5.74, 6) is 2.41. The Morgan fingerprint density at radius 1 is 1.24 bits per heavy atom. The molecule has 0 bridgehead atoms. The lowest BCUT2D eigenvalue weighted by Gasteiger charge is -2.30. The third kappa shape index (κ3) is 3.60. The van der Waals surface area contributed by atoms with Crippen LogP contribution < -0.4 is 0 Å². The molecule has 6 nitrogen and oxygen atoms in total. The summed E-state index contributed by atoms with van der Waals surface area (Å²) in [5, 5.41) is 0. The Labute approximate surface area is 147 Å². The van der Waals surface area contributed by atoms with Gasteiger partial charge in [0.05, 0.1) is 13.2 Å². The minimum Gasteiger partial charge on any atom is -0.440 e. The second kappa shape index (κ2) is 7.37. The van der Waals surface area contributed by atoms with Gasteiger partial charge in [-0.25, -0.2) is 9.97 Å². The van der Waals surface area contributed by atoms with Crippen molar-refractivity contribution in [2.75, 3.05) is 26.8 Å². The van der Waals surface area contributed by atoms with Gasteiger partial charge in [0, 0.05) is 32.0 Å². The molecule has 0 saturated carbocycles. The standard InChI is InChI=1S/C19H24N4O2/c1-24-13-12-23-11-8-20-18(23)14-22-9-6-15(7-10-22)19-21-16-4-2-3-5-17(16)25-19/h2-5,8,11,15H,6-7,9-10,12-14H2,1H3. The van der Waals surface area contributed by atoms with Crippen LogP contribution in [0.3, 0.4) is 0 Å². The van der Waals surface area contributed by atoms with E-state index in [2.05, 4.69) is 19.4 Å². The fourth-order valence-electron chi connectivity index (χ4n) is 3.49. The number of fused-ring (bicyclic) bond motifs is 1. The maximum absolute atomic E-state index is 5.95. The maximum atomic E-state index is 5.95. The van der Waals surface area contributed by atoms with Crippen molar-refractivity contribution >= 4 is 11.1 Å². The van der Waals surface area contributed by atoms with Crippen LogP contribution in [0.25, 0.3) is 11.1 Å². The van der Waals surface area contributed by atoms with Gasteiger partial charge in [-0.2, -0.15) is 0 Å². The molecule has 0 aliphatic carbocycles. The third-order valence-electron chi connectivity index (χ3n) is 4.95. The Morgan fingerprint density at radius 3 is 2.88 bits per heavy atom. The highest BCUT2D eigenvalue weighted by Gasteiger charge is 2.25. The SMILES string of the molecule is COCCn1ccnc1CN1CCC(c2nc3ccccc3o2)CC1. The first-order valence-electron chi connectivity index (χ1n) is 8.90. The zero-order chi connectivity index (χ0) is 17.1. The second-order valence-electron chi connectivity index (χ2n) is 6.60. The molecule has 1 fully saturated rings. The summed E-state index contributed by atoms with van der Waals surface area (Å²) in [6, 6.07) is 7.99. The van der Waals surface area contributed by atoms with Gasteiger partial charge in [-0.15, -0.1) is 0 Å². The van der Waals surface area contributed by atoms with E-state index >= 15 is 0 Å². The molecule has 6 heteroatoms. The van der Waals surface area contributed by atoms with Crippen LogP contribution in [-0.4, -0.2) is 46.2 Å². The number of hydrogen-bond acceptors (Lipinski definition) is 5.